The molecule has 7 nitrogen and oxygen atoms in total. The van der Waals surface area contributed by atoms with Gasteiger partial charge >= 0.3 is 0 Å². The van der Waals surface area contributed by atoms with Crippen molar-refractivity contribution in [1.29, 1.82) is 0 Å². The van der Waals surface area contributed by atoms with Crippen LogP contribution in [-0.4, -0.2) is 60.2 Å². The lowest BCUT2D eigenvalue weighted by Gasteiger charge is -2.28. The van der Waals surface area contributed by atoms with Crippen molar-refractivity contribution in [3.63, 3.8) is 0 Å². The summed E-state index contributed by atoms with van der Waals surface area (Å²) in [4.78, 5) is 32.9. The molecular weight excluding hydrogens is 354 g/mol. The maximum absolute atomic E-state index is 12.8. The Hall–Kier alpha value is -2.41. The van der Waals surface area contributed by atoms with Crippen LogP contribution in [0.25, 0.3) is 0 Å². The molecule has 0 spiro atoms. The summed E-state index contributed by atoms with van der Waals surface area (Å²) in [5.41, 5.74) is 11.7. The van der Waals surface area contributed by atoms with E-state index in [1.807, 2.05) is 30.3 Å². The molecule has 1 saturated heterocycles. The van der Waals surface area contributed by atoms with Crippen molar-refractivity contribution >= 4 is 17.6 Å². The summed E-state index contributed by atoms with van der Waals surface area (Å²) in [6, 6.07) is 9.82. The van der Waals surface area contributed by atoms with Gasteiger partial charge < -0.3 is 16.4 Å². The van der Waals surface area contributed by atoms with E-state index in [4.69, 9.17) is 11.5 Å². The molecule has 7 heteroatoms. The van der Waals surface area contributed by atoms with E-state index in [1.165, 1.54) is 0 Å². The number of hydrogen-bond donors (Lipinski definition) is 2. The summed E-state index contributed by atoms with van der Waals surface area (Å²) in [6.07, 6.45) is 4.16. The molecule has 0 radical (unpaired) electrons. The lowest BCUT2D eigenvalue weighted by atomic mass is 10.1. The molecule has 156 valence electrons. The monoisotopic (exact) mass is 389 g/mol. The molecule has 1 aliphatic heterocycles. The van der Waals surface area contributed by atoms with Crippen LogP contribution in [0.4, 0.5) is 0 Å². The SMILES string of the molecule is C.NC(N)=NCCCCN1CCCCC(=O)CN(Cc2ccccc2)C(=O)C1. The zero-order valence-corrected chi connectivity index (χ0v) is 16.0. The Labute approximate surface area is 168 Å². The van der Waals surface area contributed by atoms with E-state index in [0.717, 1.165) is 44.3 Å². The summed E-state index contributed by atoms with van der Waals surface area (Å²) < 4.78 is 0. The van der Waals surface area contributed by atoms with Crippen molar-refractivity contribution in [2.45, 2.75) is 46.1 Å². The van der Waals surface area contributed by atoms with Gasteiger partial charge in [0.15, 0.2) is 11.7 Å². The molecule has 0 aliphatic carbocycles. The maximum atomic E-state index is 12.8. The number of carbonyl (C=O) groups is 2. The fourth-order valence-corrected chi connectivity index (χ4v) is 3.20. The van der Waals surface area contributed by atoms with Gasteiger partial charge in [0.25, 0.3) is 0 Å². The molecule has 1 aliphatic rings. The molecule has 0 bridgehead atoms. The molecule has 0 unspecified atom stereocenters. The second-order valence-corrected chi connectivity index (χ2v) is 7.02. The number of ketones is 1. The average molecular weight is 390 g/mol. The van der Waals surface area contributed by atoms with Gasteiger partial charge in [0.2, 0.25) is 5.91 Å². The number of unbranched alkanes of at least 4 members (excludes halogenated alkanes) is 1. The Morgan fingerprint density at radius 3 is 2.50 bits per heavy atom. The second kappa shape index (κ2) is 12.9. The van der Waals surface area contributed by atoms with E-state index in [0.29, 0.717) is 26.1 Å². The van der Waals surface area contributed by atoms with E-state index in [1.54, 1.807) is 4.90 Å². The number of hydrogen-bond acceptors (Lipinski definition) is 4. The molecule has 0 saturated carbocycles. The average Bonchev–Trinajstić information content (AvgIpc) is 2.64. The van der Waals surface area contributed by atoms with E-state index in [-0.39, 0.29) is 31.6 Å². The number of Topliss-reactive ketones (excluding diaryl/α,β-unsaturated/α-hetero) is 1. The van der Waals surface area contributed by atoms with Crippen LogP contribution in [0.5, 0.6) is 0 Å². The van der Waals surface area contributed by atoms with Crippen LogP contribution >= 0.6 is 0 Å². The van der Waals surface area contributed by atoms with Crippen molar-refractivity contribution in [1.82, 2.24) is 9.80 Å². The fourth-order valence-electron chi connectivity index (χ4n) is 3.20. The standard InChI is InChI=1S/C20H31N5O2.CH4/c21-20(22)23-11-5-7-13-24-12-6-4-10-18(26)15-25(19(27)16-24)14-17-8-2-1-3-9-17;/h1-3,8-9H,4-7,10-16H2,(H4,21,22,23);1H4. The van der Waals surface area contributed by atoms with Crippen LogP contribution in [0.15, 0.2) is 35.3 Å². The predicted octanol–water partition coefficient (Wildman–Crippen LogP) is 1.76. The van der Waals surface area contributed by atoms with Crippen molar-refractivity contribution < 1.29 is 9.59 Å². The maximum Gasteiger partial charge on any atom is 0.237 e. The highest BCUT2D eigenvalue weighted by molar-refractivity contribution is 5.87. The van der Waals surface area contributed by atoms with Gasteiger partial charge in [-0.25, -0.2) is 0 Å². The number of aliphatic imine (C=N–C) groups is 1. The summed E-state index contributed by atoms with van der Waals surface area (Å²) in [5.74, 6) is 0.272. The highest BCUT2D eigenvalue weighted by atomic mass is 16.2. The number of guanidine groups is 1. The van der Waals surface area contributed by atoms with Crippen LogP contribution in [0.3, 0.4) is 0 Å². The van der Waals surface area contributed by atoms with Crippen molar-refractivity contribution in [3.8, 4) is 0 Å². The highest BCUT2D eigenvalue weighted by Crippen LogP contribution is 2.11. The van der Waals surface area contributed by atoms with E-state index < -0.39 is 0 Å². The minimum Gasteiger partial charge on any atom is -0.370 e. The van der Waals surface area contributed by atoms with Crippen molar-refractivity contribution in [3.05, 3.63) is 35.9 Å². The first-order valence-corrected chi connectivity index (χ1v) is 9.66. The third kappa shape index (κ3) is 8.99. The minimum atomic E-state index is 0. The predicted molar refractivity (Wildman–Crippen MR) is 114 cm³/mol. The first-order valence-electron chi connectivity index (χ1n) is 9.66. The second-order valence-electron chi connectivity index (χ2n) is 7.02. The number of rotatable bonds is 7. The lowest BCUT2D eigenvalue weighted by molar-refractivity contribution is -0.137. The molecular formula is C21H35N5O2. The number of amides is 1. The van der Waals surface area contributed by atoms with Crippen molar-refractivity contribution in [2.24, 2.45) is 16.5 Å². The van der Waals surface area contributed by atoms with Gasteiger partial charge in [-0.1, -0.05) is 37.8 Å². The van der Waals surface area contributed by atoms with Gasteiger partial charge in [0.05, 0.1) is 13.1 Å². The van der Waals surface area contributed by atoms with Crippen LogP contribution in [-0.2, 0) is 16.1 Å². The summed E-state index contributed by atoms with van der Waals surface area (Å²) in [5, 5.41) is 0. The molecule has 0 aromatic heterocycles. The first-order chi connectivity index (χ1) is 13.0. The number of nitrogens with zero attached hydrogens (tertiary/aromatic N) is 3. The first kappa shape index (κ1) is 23.6. The van der Waals surface area contributed by atoms with Gasteiger partial charge in [-0.05, 0) is 44.3 Å². The third-order valence-corrected chi connectivity index (χ3v) is 4.65. The number of nitrogens with two attached hydrogens (primary N) is 2. The Morgan fingerprint density at radius 1 is 1.04 bits per heavy atom. The minimum absolute atomic E-state index is 0. The molecule has 1 aromatic carbocycles. The summed E-state index contributed by atoms with van der Waals surface area (Å²) in [6.45, 7) is 3.30. The highest BCUT2D eigenvalue weighted by Gasteiger charge is 2.21. The van der Waals surface area contributed by atoms with Crippen molar-refractivity contribution in [2.75, 3.05) is 32.7 Å². The number of benzene rings is 1. The van der Waals surface area contributed by atoms with Crippen LogP contribution in [0, 0.1) is 0 Å². The zero-order valence-electron chi connectivity index (χ0n) is 16.0. The summed E-state index contributed by atoms with van der Waals surface area (Å²) >= 11 is 0. The van der Waals surface area contributed by atoms with E-state index in [2.05, 4.69) is 9.89 Å². The Kier molecular flexibility index (Phi) is 10.9. The van der Waals surface area contributed by atoms with Crippen LogP contribution in [0.1, 0.15) is 45.1 Å². The normalized spacial score (nSPS) is 16.4. The Morgan fingerprint density at radius 2 is 1.79 bits per heavy atom. The smallest absolute Gasteiger partial charge is 0.237 e. The molecule has 1 fully saturated rings. The Balaban J connectivity index is 0.00000392. The molecule has 1 heterocycles. The fraction of sp³-hybridized carbons (Fsp3) is 0.571. The van der Waals surface area contributed by atoms with Gasteiger partial charge in [-0.15, -0.1) is 0 Å². The Bertz CT molecular complexity index is 629. The van der Waals surface area contributed by atoms with Gasteiger partial charge in [-0.2, -0.15) is 0 Å². The van der Waals surface area contributed by atoms with E-state index in [9.17, 15) is 9.59 Å². The molecule has 28 heavy (non-hydrogen) atoms. The molecule has 0 atom stereocenters. The molecule has 4 N–H and O–H groups in total. The topological polar surface area (TPSA) is 105 Å². The summed E-state index contributed by atoms with van der Waals surface area (Å²) in [7, 11) is 0. The van der Waals surface area contributed by atoms with Crippen LogP contribution in [0.2, 0.25) is 0 Å². The van der Waals surface area contributed by atoms with Gasteiger partial charge in [0, 0.05) is 19.5 Å². The van der Waals surface area contributed by atoms with Gasteiger partial charge in [0.1, 0.15) is 0 Å². The molecule has 1 amide bonds. The van der Waals surface area contributed by atoms with Gasteiger partial charge in [-0.3, -0.25) is 19.5 Å². The van der Waals surface area contributed by atoms with Crippen LogP contribution < -0.4 is 11.5 Å². The lowest BCUT2D eigenvalue weighted by Crippen LogP contribution is -2.43. The quantitative estimate of drug-likeness (QED) is 0.420. The third-order valence-electron chi connectivity index (χ3n) is 4.65. The zero-order chi connectivity index (χ0) is 19.5. The molecule has 2 rings (SSSR count). The molecule has 1 aromatic rings. The van der Waals surface area contributed by atoms with E-state index >= 15 is 0 Å². The number of carbonyl (C=O) groups excluding carboxylic acids is 2. The largest absolute Gasteiger partial charge is 0.370 e.